The molecule has 8 heteroatoms. The maximum atomic E-state index is 11.7. The second kappa shape index (κ2) is 13.6. The molecule has 1 amide bonds. The Morgan fingerprint density at radius 1 is 0.865 bits per heavy atom. The van der Waals surface area contributed by atoms with E-state index in [0.29, 0.717) is 18.0 Å². The zero-order valence-electron chi connectivity index (χ0n) is 21.5. The molecule has 8 nitrogen and oxygen atoms in total. The Kier molecular flexibility index (Phi) is 9.93. The van der Waals surface area contributed by atoms with Crippen molar-refractivity contribution in [2.75, 3.05) is 24.5 Å². The van der Waals surface area contributed by atoms with E-state index in [-0.39, 0.29) is 5.92 Å². The fourth-order valence-corrected chi connectivity index (χ4v) is 5.62. The minimum absolute atomic E-state index is 0.176. The molecule has 1 saturated heterocycles. The van der Waals surface area contributed by atoms with Crippen LogP contribution in [0.1, 0.15) is 66.4 Å². The molecule has 4 rings (SSSR count). The van der Waals surface area contributed by atoms with Crippen molar-refractivity contribution in [2.45, 2.75) is 64.1 Å². The normalized spacial score (nSPS) is 17.9. The topological polar surface area (TPSA) is 114 Å². The largest absolute Gasteiger partial charge is 0.372 e. The summed E-state index contributed by atoms with van der Waals surface area (Å²) in [4.78, 5) is 25.5. The summed E-state index contributed by atoms with van der Waals surface area (Å²) in [6.45, 7) is 4.28. The highest BCUT2D eigenvalue weighted by Gasteiger charge is 2.30. The molecule has 1 saturated carbocycles. The van der Waals surface area contributed by atoms with Crippen LogP contribution in [-0.2, 0) is 23.0 Å². The van der Waals surface area contributed by atoms with Crippen molar-refractivity contribution in [3.8, 4) is 0 Å². The van der Waals surface area contributed by atoms with E-state index in [1.807, 2.05) is 12.1 Å². The molecule has 37 heavy (non-hydrogen) atoms. The Morgan fingerprint density at radius 2 is 1.49 bits per heavy atom. The lowest BCUT2D eigenvalue weighted by atomic mass is 9.84. The Hall–Kier alpha value is -2.94. The molecule has 1 radical (unpaired) electrons. The zero-order valence-corrected chi connectivity index (χ0v) is 21.5. The van der Waals surface area contributed by atoms with Gasteiger partial charge in [-0.1, -0.05) is 43.5 Å². The Balaban J connectivity index is 1.15. The third kappa shape index (κ3) is 7.77. The highest BCUT2D eigenvalue weighted by atomic mass is 16.5. The van der Waals surface area contributed by atoms with Crippen molar-refractivity contribution in [3.63, 3.8) is 0 Å². The van der Waals surface area contributed by atoms with E-state index in [2.05, 4.69) is 39.8 Å². The first-order valence-corrected chi connectivity index (χ1v) is 13.6. The van der Waals surface area contributed by atoms with Gasteiger partial charge in [0.2, 0.25) is 0 Å². The van der Waals surface area contributed by atoms with Gasteiger partial charge in [-0.25, -0.2) is 15.4 Å². The van der Waals surface area contributed by atoms with Crippen LogP contribution in [0.15, 0.2) is 48.5 Å². The number of amides is 1. The van der Waals surface area contributed by atoms with E-state index in [0.717, 1.165) is 76.0 Å². The predicted molar refractivity (Wildman–Crippen MR) is 142 cm³/mol. The standard InChI is InChI=1S/C29H39N4O4/c34-28(32-37)25-10-12-26(13-11-25)33-16-14-23(15-17-33)19-30-18-21-6-8-22(9-7-21)20-31-27(29(35)36)24-4-2-1-3-5-24/h6-13,23-24,27,30-31,37H,1-5,14-20H2,(H,32,34)/t27-/m0/s1. The van der Waals surface area contributed by atoms with E-state index in [4.69, 9.17) is 5.21 Å². The summed E-state index contributed by atoms with van der Waals surface area (Å²) in [6.07, 6.45) is 7.57. The molecule has 4 N–H and O–H groups in total. The van der Waals surface area contributed by atoms with Gasteiger partial charge in [-0.05, 0) is 79.5 Å². The lowest BCUT2D eigenvalue weighted by Crippen LogP contribution is -2.42. The average molecular weight is 508 g/mol. The first-order valence-electron chi connectivity index (χ1n) is 13.6. The first kappa shape index (κ1) is 27.1. The molecular formula is C29H39N4O4. The van der Waals surface area contributed by atoms with Crippen molar-refractivity contribution < 1.29 is 19.9 Å². The average Bonchev–Trinajstić information content (AvgIpc) is 2.94. The van der Waals surface area contributed by atoms with Gasteiger partial charge in [-0.15, -0.1) is 0 Å². The summed E-state index contributed by atoms with van der Waals surface area (Å²) in [5.74, 6) is -0.680. The van der Waals surface area contributed by atoms with Gasteiger partial charge in [0.25, 0.3) is 5.91 Å². The maximum absolute atomic E-state index is 11.7. The molecule has 1 aliphatic heterocycles. The molecule has 2 fully saturated rings. The fourth-order valence-electron chi connectivity index (χ4n) is 5.62. The van der Waals surface area contributed by atoms with E-state index >= 15 is 0 Å². The van der Waals surface area contributed by atoms with Crippen molar-refractivity contribution in [2.24, 2.45) is 11.8 Å². The Bertz CT molecular complexity index is 998. The van der Waals surface area contributed by atoms with E-state index in [1.54, 1.807) is 17.6 Å². The van der Waals surface area contributed by atoms with E-state index < -0.39 is 17.9 Å². The molecular weight excluding hydrogens is 468 g/mol. The van der Waals surface area contributed by atoms with Gasteiger partial charge < -0.3 is 10.2 Å². The van der Waals surface area contributed by atoms with E-state index in [9.17, 15) is 14.7 Å². The van der Waals surface area contributed by atoms with Gasteiger partial charge >= 0.3 is 5.97 Å². The minimum atomic E-state index is -0.983. The summed E-state index contributed by atoms with van der Waals surface area (Å²) >= 11 is 0. The van der Waals surface area contributed by atoms with E-state index in [1.165, 1.54) is 12.0 Å². The molecule has 0 bridgehead atoms. The molecule has 199 valence electrons. The highest BCUT2D eigenvalue weighted by molar-refractivity contribution is 5.93. The van der Waals surface area contributed by atoms with Gasteiger partial charge in [0.1, 0.15) is 6.04 Å². The number of hydrogen-bond acceptors (Lipinski definition) is 6. The monoisotopic (exact) mass is 507 g/mol. The highest BCUT2D eigenvalue weighted by Crippen LogP contribution is 2.27. The predicted octanol–water partition coefficient (Wildman–Crippen LogP) is 3.81. The molecule has 2 aliphatic rings. The Labute approximate surface area is 219 Å². The van der Waals surface area contributed by atoms with Crippen LogP contribution < -0.4 is 21.0 Å². The summed E-state index contributed by atoms with van der Waals surface area (Å²) in [5, 5.41) is 27.2. The molecule has 0 aromatic heterocycles. The van der Waals surface area contributed by atoms with Crippen LogP contribution in [0, 0.1) is 11.8 Å². The van der Waals surface area contributed by atoms with Crippen molar-refractivity contribution in [1.82, 2.24) is 16.1 Å². The van der Waals surface area contributed by atoms with Crippen molar-refractivity contribution in [1.29, 1.82) is 0 Å². The number of carbonyl (C=O) groups excluding carboxylic acids is 2. The number of anilines is 1. The Morgan fingerprint density at radius 3 is 2.08 bits per heavy atom. The number of nitrogens with one attached hydrogen (secondary N) is 3. The third-order valence-corrected chi connectivity index (χ3v) is 7.90. The number of hydroxylamine groups is 1. The molecule has 1 atom stereocenters. The van der Waals surface area contributed by atoms with Crippen molar-refractivity contribution in [3.05, 3.63) is 65.2 Å². The SMILES string of the molecule is [O]C(=O)[C@@H](NCc1ccc(CNCC2CCN(c3ccc(C(=O)NO)cc3)CC2)cc1)C1CCCCC1. The number of rotatable bonds is 11. The van der Waals surface area contributed by atoms with Crippen LogP contribution in [0.25, 0.3) is 0 Å². The van der Waals surface area contributed by atoms with Crippen molar-refractivity contribution >= 4 is 17.6 Å². The minimum Gasteiger partial charge on any atom is -0.372 e. The summed E-state index contributed by atoms with van der Waals surface area (Å²) in [5.41, 5.74) is 5.50. The lowest BCUT2D eigenvalue weighted by Gasteiger charge is -2.33. The first-order chi connectivity index (χ1) is 18.0. The number of nitrogens with zero attached hydrogens (tertiary/aromatic N) is 1. The van der Waals surface area contributed by atoms with Crippen LogP contribution in [0.2, 0.25) is 0 Å². The summed E-state index contributed by atoms with van der Waals surface area (Å²) in [6, 6.07) is 15.1. The molecule has 1 aliphatic carbocycles. The second-order valence-corrected chi connectivity index (χ2v) is 10.4. The van der Waals surface area contributed by atoms with Gasteiger partial charge in [0.05, 0.1) is 0 Å². The third-order valence-electron chi connectivity index (χ3n) is 7.90. The molecule has 0 unspecified atom stereocenters. The van der Waals surface area contributed by atoms with Gasteiger partial charge in [0, 0.05) is 37.4 Å². The maximum Gasteiger partial charge on any atom is 0.372 e. The smallest absolute Gasteiger partial charge is 0.372 e. The fraction of sp³-hybridized carbons (Fsp3) is 0.517. The second-order valence-electron chi connectivity index (χ2n) is 10.4. The van der Waals surface area contributed by atoms with Gasteiger partial charge in [-0.3, -0.25) is 15.3 Å². The van der Waals surface area contributed by atoms with Crippen LogP contribution in [0.4, 0.5) is 5.69 Å². The van der Waals surface area contributed by atoms with Crippen LogP contribution >= 0.6 is 0 Å². The number of carbonyl (C=O) groups is 2. The molecule has 0 spiro atoms. The quantitative estimate of drug-likeness (QED) is 0.272. The van der Waals surface area contributed by atoms with Crippen LogP contribution in [0.3, 0.4) is 0 Å². The lowest BCUT2D eigenvalue weighted by molar-refractivity contribution is -0.147. The molecule has 2 aromatic rings. The van der Waals surface area contributed by atoms with Gasteiger partial charge in [-0.2, -0.15) is 0 Å². The number of benzene rings is 2. The van der Waals surface area contributed by atoms with Crippen LogP contribution in [-0.4, -0.2) is 42.8 Å². The van der Waals surface area contributed by atoms with Crippen LogP contribution in [0.5, 0.6) is 0 Å². The molecule has 2 aromatic carbocycles. The number of hydrogen-bond donors (Lipinski definition) is 4. The number of piperidine rings is 1. The zero-order chi connectivity index (χ0) is 26.0. The summed E-state index contributed by atoms with van der Waals surface area (Å²) in [7, 11) is 0. The summed E-state index contributed by atoms with van der Waals surface area (Å²) < 4.78 is 0. The molecule has 1 heterocycles. The van der Waals surface area contributed by atoms with Gasteiger partial charge in [0.15, 0.2) is 0 Å².